The van der Waals surface area contributed by atoms with Crippen LogP contribution >= 0.6 is 24.0 Å². The Labute approximate surface area is 198 Å². The standard InChI is InChI=1S/C22H37N3O4.HI/c1-5-23-22(25-12-10-19(11-13-25)29-15-7-14-26-3)24-17-18-8-9-20(28-6-2)21(16-18)27-4;/h8-9,16,19H,5-7,10-15,17H2,1-4H3,(H,23,24);1H. The number of methoxy groups -OCH3 is 2. The lowest BCUT2D eigenvalue weighted by Crippen LogP contribution is -2.47. The number of ether oxygens (including phenoxy) is 4. The molecule has 0 unspecified atom stereocenters. The predicted molar refractivity (Wildman–Crippen MR) is 131 cm³/mol. The molecule has 8 heteroatoms. The molecule has 0 saturated carbocycles. The van der Waals surface area contributed by atoms with Gasteiger partial charge in [-0.1, -0.05) is 6.07 Å². The smallest absolute Gasteiger partial charge is 0.194 e. The Bertz CT molecular complexity index is 622. The normalized spacial score (nSPS) is 14.9. The molecule has 0 spiro atoms. The van der Waals surface area contributed by atoms with Gasteiger partial charge < -0.3 is 29.2 Å². The maximum absolute atomic E-state index is 5.97. The zero-order chi connectivity index (χ0) is 20.9. The summed E-state index contributed by atoms with van der Waals surface area (Å²) in [7, 11) is 3.39. The van der Waals surface area contributed by atoms with Crippen LogP contribution in [0.15, 0.2) is 23.2 Å². The van der Waals surface area contributed by atoms with Gasteiger partial charge in [-0.05, 0) is 50.8 Å². The summed E-state index contributed by atoms with van der Waals surface area (Å²) in [5.74, 6) is 2.47. The van der Waals surface area contributed by atoms with Gasteiger partial charge in [-0.25, -0.2) is 4.99 Å². The SMILES string of the molecule is CCNC(=NCc1ccc(OCC)c(OC)c1)N1CCC(OCCCOC)CC1.I. The minimum Gasteiger partial charge on any atom is -0.493 e. The third kappa shape index (κ3) is 8.85. The molecule has 0 aliphatic carbocycles. The van der Waals surface area contributed by atoms with Crippen LogP contribution in [0.4, 0.5) is 0 Å². The molecule has 0 amide bonds. The van der Waals surface area contributed by atoms with E-state index in [0.29, 0.717) is 19.3 Å². The van der Waals surface area contributed by atoms with Crippen molar-refractivity contribution < 1.29 is 18.9 Å². The number of piperidine rings is 1. The number of halogens is 1. The molecular formula is C22H38IN3O4. The van der Waals surface area contributed by atoms with Crippen molar-refractivity contribution in [2.75, 3.05) is 53.7 Å². The number of aliphatic imine (C=N–C) groups is 1. The van der Waals surface area contributed by atoms with Crippen LogP contribution in [-0.4, -0.2) is 70.6 Å². The van der Waals surface area contributed by atoms with Crippen molar-refractivity contribution >= 4 is 29.9 Å². The van der Waals surface area contributed by atoms with Crippen LogP contribution in [0.2, 0.25) is 0 Å². The van der Waals surface area contributed by atoms with E-state index in [2.05, 4.69) is 17.1 Å². The quantitative estimate of drug-likeness (QED) is 0.202. The average Bonchev–Trinajstić information content (AvgIpc) is 2.75. The molecule has 0 bridgehead atoms. The Morgan fingerprint density at radius 1 is 1.13 bits per heavy atom. The van der Waals surface area contributed by atoms with E-state index in [1.54, 1.807) is 14.2 Å². The van der Waals surface area contributed by atoms with Crippen molar-refractivity contribution in [3.8, 4) is 11.5 Å². The third-order valence-electron chi connectivity index (χ3n) is 4.86. The molecule has 0 radical (unpaired) electrons. The summed E-state index contributed by atoms with van der Waals surface area (Å²) < 4.78 is 22.1. The Kier molecular flexibility index (Phi) is 13.9. The topological polar surface area (TPSA) is 64.6 Å². The summed E-state index contributed by atoms with van der Waals surface area (Å²) in [5, 5.41) is 3.42. The van der Waals surface area contributed by atoms with Crippen LogP contribution in [0.3, 0.4) is 0 Å². The third-order valence-corrected chi connectivity index (χ3v) is 4.86. The van der Waals surface area contributed by atoms with Crippen molar-refractivity contribution in [3.63, 3.8) is 0 Å². The molecule has 172 valence electrons. The highest BCUT2D eigenvalue weighted by atomic mass is 127. The Hall–Kier alpha value is -1.26. The zero-order valence-electron chi connectivity index (χ0n) is 18.8. The first-order valence-corrected chi connectivity index (χ1v) is 10.6. The minimum atomic E-state index is 0. The minimum absolute atomic E-state index is 0. The molecule has 1 aliphatic heterocycles. The molecule has 1 aromatic rings. The van der Waals surface area contributed by atoms with Crippen molar-refractivity contribution in [2.45, 2.75) is 45.8 Å². The summed E-state index contributed by atoms with van der Waals surface area (Å²) in [6, 6.07) is 5.99. The van der Waals surface area contributed by atoms with Crippen LogP contribution < -0.4 is 14.8 Å². The highest BCUT2D eigenvalue weighted by Gasteiger charge is 2.21. The van der Waals surface area contributed by atoms with Crippen LogP contribution in [0.5, 0.6) is 11.5 Å². The van der Waals surface area contributed by atoms with Gasteiger partial charge in [0, 0.05) is 40.0 Å². The maximum Gasteiger partial charge on any atom is 0.194 e. The van der Waals surface area contributed by atoms with E-state index in [1.807, 2.05) is 25.1 Å². The lowest BCUT2D eigenvalue weighted by molar-refractivity contribution is 0.00990. The molecule has 1 fully saturated rings. The van der Waals surface area contributed by atoms with Crippen molar-refractivity contribution in [1.82, 2.24) is 10.2 Å². The Morgan fingerprint density at radius 3 is 2.53 bits per heavy atom. The molecule has 0 atom stereocenters. The number of hydrogen-bond acceptors (Lipinski definition) is 5. The number of likely N-dealkylation sites (tertiary alicyclic amines) is 1. The van der Waals surface area contributed by atoms with Gasteiger partial charge in [-0.2, -0.15) is 0 Å². The van der Waals surface area contributed by atoms with Gasteiger partial charge >= 0.3 is 0 Å². The fraction of sp³-hybridized carbons (Fsp3) is 0.682. The fourth-order valence-corrected chi connectivity index (χ4v) is 3.36. The molecule has 30 heavy (non-hydrogen) atoms. The molecule has 7 nitrogen and oxygen atoms in total. The van der Waals surface area contributed by atoms with Crippen molar-refractivity contribution in [2.24, 2.45) is 4.99 Å². The second-order valence-corrected chi connectivity index (χ2v) is 6.99. The molecule has 0 aromatic heterocycles. The van der Waals surface area contributed by atoms with Crippen molar-refractivity contribution in [3.05, 3.63) is 23.8 Å². The fourth-order valence-electron chi connectivity index (χ4n) is 3.36. The first kappa shape index (κ1) is 26.8. The number of guanidine groups is 1. The van der Waals surface area contributed by atoms with E-state index < -0.39 is 0 Å². The monoisotopic (exact) mass is 535 g/mol. The molecule has 1 saturated heterocycles. The van der Waals surface area contributed by atoms with Crippen LogP contribution in [0.1, 0.15) is 38.7 Å². The van der Waals surface area contributed by atoms with Gasteiger partial charge in [0.05, 0.1) is 26.4 Å². The first-order valence-electron chi connectivity index (χ1n) is 10.6. The van der Waals surface area contributed by atoms with Crippen LogP contribution in [-0.2, 0) is 16.0 Å². The van der Waals surface area contributed by atoms with Gasteiger partial charge in [0.2, 0.25) is 0 Å². The largest absolute Gasteiger partial charge is 0.493 e. The summed E-state index contributed by atoms with van der Waals surface area (Å²) in [6.07, 6.45) is 3.33. The van der Waals surface area contributed by atoms with E-state index in [4.69, 9.17) is 23.9 Å². The molecule has 1 aliphatic rings. The van der Waals surface area contributed by atoms with Gasteiger partial charge in [0.15, 0.2) is 17.5 Å². The number of nitrogens with one attached hydrogen (secondary N) is 1. The average molecular weight is 535 g/mol. The maximum atomic E-state index is 5.97. The van der Waals surface area contributed by atoms with Gasteiger partial charge in [0.25, 0.3) is 0 Å². The van der Waals surface area contributed by atoms with Crippen molar-refractivity contribution in [1.29, 1.82) is 0 Å². The van der Waals surface area contributed by atoms with E-state index in [9.17, 15) is 0 Å². The first-order chi connectivity index (χ1) is 14.2. The molecule has 1 N–H and O–H groups in total. The summed E-state index contributed by atoms with van der Waals surface area (Å²) in [4.78, 5) is 7.17. The predicted octanol–water partition coefficient (Wildman–Crippen LogP) is 3.69. The lowest BCUT2D eigenvalue weighted by Gasteiger charge is -2.34. The van der Waals surface area contributed by atoms with E-state index in [1.165, 1.54) is 0 Å². The Balaban J connectivity index is 0.00000450. The summed E-state index contributed by atoms with van der Waals surface area (Å²) >= 11 is 0. The van der Waals surface area contributed by atoms with Gasteiger partial charge in [0.1, 0.15) is 0 Å². The lowest BCUT2D eigenvalue weighted by atomic mass is 10.1. The number of benzene rings is 1. The number of hydrogen-bond donors (Lipinski definition) is 1. The van der Waals surface area contributed by atoms with Crippen LogP contribution in [0.25, 0.3) is 0 Å². The van der Waals surface area contributed by atoms with E-state index >= 15 is 0 Å². The van der Waals surface area contributed by atoms with E-state index in [0.717, 1.165) is 75.1 Å². The number of nitrogens with zero attached hydrogens (tertiary/aromatic N) is 2. The molecule has 2 rings (SSSR count). The highest BCUT2D eigenvalue weighted by molar-refractivity contribution is 14.0. The molecule has 1 aromatic carbocycles. The zero-order valence-corrected chi connectivity index (χ0v) is 21.1. The second kappa shape index (κ2) is 15.5. The Morgan fingerprint density at radius 2 is 1.90 bits per heavy atom. The summed E-state index contributed by atoms with van der Waals surface area (Å²) in [5.41, 5.74) is 1.09. The van der Waals surface area contributed by atoms with E-state index in [-0.39, 0.29) is 24.0 Å². The number of rotatable bonds is 11. The van der Waals surface area contributed by atoms with Gasteiger partial charge in [-0.15, -0.1) is 24.0 Å². The van der Waals surface area contributed by atoms with Gasteiger partial charge in [-0.3, -0.25) is 0 Å². The molecular weight excluding hydrogens is 497 g/mol. The highest BCUT2D eigenvalue weighted by Crippen LogP contribution is 2.28. The second-order valence-electron chi connectivity index (χ2n) is 6.99. The van der Waals surface area contributed by atoms with Crippen LogP contribution in [0, 0.1) is 0 Å². The summed E-state index contributed by atoms with van der Waals surface area (Å²) in [6.45, 7) is 9.55. The molecule has 1 heterocycles.